The van der Waals surface area contributed by atoms with E-state index in [0.29, 0.717) is 0 Å². The van der Waals surface area contributed by atoms with Crippen molar-refractivity contribution in [2.24, 2.45) is 0 Å². The third-order valence-corrected chi connectivity index (χ3v) is 3.15. The second kappa shape index (κ2) is 4.29. The number of nitrogens with one attached hydrogen (secondary N) is 1. The van der Waals surface area contributed by atoms with Crippen molar-refractivity contribution in [1.29, 1.82) is 0 Å². The predicted octanol–water partition coefficient (Wildman–Crippen LogP) is 1.70. The lowest BCUT2D eigenvalue weighted by atomic mass is 9.73. The molecule has 1 aromatic carbocycles. The fourth-order valence-corrected chi connectivity index (χ4v) is 2.07. The Morgan fingerprint density at radius 1 is 1.47 bits per heavy atom. The summed E-state index contributed by atoms with van der Waals surface area (Å²) in [5, 5.41) is 3.25. The minimum atomic E-state index is -0.156. The van der Waals surface area contributed by atoms with Gasteiger partial charge in [0.25, 0.3) is 0 Å². The Kier molecular flexibility index (Phi) is 3.03. The Hall–Kier alpha value is -0.930. The van der Waals surface area contributed by atoms with Crippen LogP contribution in [-0.2, 0) is 10.2 Å². The summed E-state index contributed by atoms with van der Waals surface area (Å²) in [6.45, 7) is 2.55. The monoisotopic (exact) mass is 209 g/mol. The topological polar surface area (TPSA) is 21.3 Å². The molecule has 0 bridgehead atoms. The van der Waals surface area contributed by atoms with E-state index < -0.39 is 0 Å². The zero-order chi connectivity index (χ0) is 10.7. The Morgan fingerprint density at radius 3 is 2.80 bits per heavy atom. The van der Waals surface area contributed by atoms with Crippen molar-refractivity contribution in [3.05, 3.63) is 35.6 Å². The first-order chi connectivity index (χ1) is 7.27. The standard InChI is InChI=1S/C12H16FNO/c1-15-6-5-12(8-14-9-12)10-3-2-4-11(13)7-10/h2-4,7,14H,5-6,8-9H2,1H3. The highest BCUT2D eigenvalue weighted by Crippen LogP contribution is 2.32. The smallest absolute Gasteiger partial charge is 0.123 e. The van der Waals surface area contributed by atoms with Crippen LogP contribution in [-0.4, -0.2) is 26.8 Å². The van der Waals surface area contributed by atoms with Gasteiger partial charge in [0.1, 0.15) is 5.82 Å². The molecule has 82 valence electrons. The van der Waals surface area contributed by atoms with Gasteiger partial charge in [0.2, 0.25) is 0 Å². The minimum Gasteiger partial charge on any atom is -0.385 e. The zero-order valence-corrected chi connectivity index (χ0v) is 8.92. The van der Waals surface area contributed by atoms with Crippen LogP contribution in [0.1, 0.15) is 12.0 Å². The average Bonchev–Trinajstić information content (AvgIpc) is 2.16. The zero-order valence-electron chi connectivity index (χ0n) is 8.92. The summed E-state index contributed by atoms with van der Waals surface area (Å²) in [6.07, 6.45) is 0.944. The van der Waals surface area contributed by atoms with Crippen LogP contribution in [0, 0.1) is 5.82 Å². The van der Waals surface area contributed by atoms with Gasteiger partial charge in [-0.3, -0.25) is 0 Å². The first kappa shape index (κ1) is 10.6. The van der Waals surface area contributed by atoms with Gasteiger partial charge in [-0.25, -0.2) is 4.39 Å². The molecule has 0 amide bonds. The SMILES string of the molecule is COCCC1(c2cccc(F)c2)CNC1. The lowest BCUT2D eigenvalue weighted by molar-refractivity contribution is 0.142. The molecule has 0 aromatic heterocycles. The third-order valence-electron chi connectivity index (χ3n) is 3.15. The van der Waals surface area contributed by atoms with E-state index in [1.54, 1.807) is 19.2 Å². The van der Waals surface area contributed by atoms with E-state index >= 15 is 0 Å². The van der Waals surface area contributed by atoms with Crippen LogP contribution in [0.5, 0.6) is 0 Å². The van der Waals surface area contributed by atoms with Crippen molar-refractivity contribution < 1.29 is 9.13 Å². The Morgan fingerprint density at radius 2 is 2.27 bits per heavy atom. The maximum Gasteiger partial charge on any atom is 0.123 e. The van der Waals surface area contributed by atoms with Gasteiger partial charge >= 0.3 is 0 Å². The molecule has 1 aromatic rings. The van der Waals surface area contributed by atoms with Gasteiger partial charge in [-0.15, -0.1) is 0 Å². The van der Waals surface area contributed by atoms with Gasteiger partial charge < -0.3 is 10.1 Å². The van der Waals surface area contributed by atoms with Gasteiger partial charge in [0, 0.05) is 32.2 Å². The van der Waals surface area contributed by atoms with Gasteiger partial charge in [-0.1, -0.05) is 12.1 Å². The van der Waals surface area contributed by atoms with E-state index in [0.717, 1.165) is 31.7 Å². The summed E-state index contributed by atoms with van der Waals surface area (Å²) in [4.78, 5) is 0. The molecule has 0 saturated carbocycles. The quantitative estimate of drug-likeness (QED) is 0.815. The van der Waals surface area contributed by atoms with E-state index in [1.807, 2.05) is 6.07 Å². The summed E-state index contributed by atoms with van der Waals surface area (Å²) in [7, 11) is 1.70. The highest BCUT2D eigenvalue weighted by Gasteiger charge is 2.38. The minimum absolute atomic E-state index is 0.0815. The molecule has 1 N–H and O–H groups in total. The van der Waals surface area contributed by atoms with Gasteiger partial charge in [0.05, 0.1) is 0 Å². The van der Waals surface area contributed by atoms with Crippen molar-refractivity contribution in [3.63, 3.8) is 0 Å². The van der Waals surface area contributed by atoms with E-state index in [1.165, 1.54) is 6.07 Å². The average molecular weight is 209 g/mol. The van der Waals surface area contributed by atoms with Gasteiger partial charge in [-0.2, -0.15) is 0 Å². The summed E-state index contributed by atoms with van der Waals surface area (Å²) in [5.41, 5.74) is 1.16. The first-order valence-corrected chi connectivity index (χ1v) is 5.23. The lowest BCUT2D eigenvalue weighted by Crippen LogP contribution is -2.57. The number of ether oxygens (including phenoxy) is 1. The summed E-state index contributed by atoms with van der Waals surface area (Å²) in [6, 6.07) is 6.90. The third kappa shape index (κ3) is 2.03. The second-order valence-corrected chi connectivity index (χ2v) is 4.14. The molecule has 2 rings (SSSR count). The molecule has 1 heterocycles. The number of methoxy groups -OCH3 is 1. The van der Waals surface area contributed by atoms with Crippen molar-refractivity contribution in [3.8, 4) is 0 Å². The van der Waals surface area contributed by atoms with E-state index in [2.05, 4.69) is 5.32 Å². The molecule has 3 heteroatoms. The van der Waals surface area contributed by atoms with Crippen LogP contribution >= 0.6 is 0 Å². The molecule has 0 unspecified atom stereocenters. The number of hydrogen-bond acceptors (Lipinski definition) is 2. The van der Waals surface area contributed by atoms with Crippen molar-refractivity contribution >= 4 is 0 Å². The van der Waals surface area contributed by atoms with Crippen molar-refractivity contribution in [2.75, 3.05) is 26.8 Å². The number of rotatable bonds is 4. The molecule has 1 aliphatic rings. The molecule has 15 heavy (non-hydrogen) atoms. The normalized spacial score (nSPS) is 18.5. The number of benzene rings is 1. The first-order valence-electron chi connectivity index (χ1n) is 5.23. The van der Waals surface area contributed by atoms with Crippen LogP contribution in [0.2, 0.25) is 0 Å². The largest absolute Gasteiger partial charge is 0.385 e. The van der Waals surface area contributed by atoms with E-state index in [-0.39, 0.29) is 11.2 Å². The highest BCUT2D eigenvalue weighted by molar-refractivity contribution is 5.30. The molecular weight excluding hydrogens is 193 g/mol. The second-order valence-electron chi connectivity index (χ2n) is 4.14. The molecule has 0 aliphatic carbocycles. The molecule has 1 aliphatic heterocycles. The Labute approximate surface area is 89.4 Å². The van der Waals surface area contributed by atoms with Crippen LogP contribution < -0.4 is 5.32 Å². The molecule has 0 atom stereocenters. The summed E-state index contributed by atoms with van der Waals surface area (Å²) in [5.74, 6) is -0.156. The summed E-state index contributed by atoms with van der Waals surface area (Å²) >= 11 is 0. The van der Waals surface area contributed by atoms with Crippen molar-refractivity contribution in [2.45, 2.75) is 11.8 Å². The van der Waals surface area contributed by atoms with E-state index in [4.69, 9.17) is 4.74 Å². The molecule has 0 radical (unpaired) electrons. The maximum atomic E-state index is 13.1. The van der Waals surface area contributed by atoms with Crippen LogP contribution in [0.25, 0.3) is 0 Å². The highest BCUT2D eigenvalue weighted by atomic mass is 19.1. The van der Waals surface area contributed by atoms with Crippen LogP contribution in [0.4, 0.5) is 4.39 Å². The molecule has 1 saturated heterocycles. The van der Waals surface area contributed by atoms with Crippen LogP contribution in [0.3, 0.4) is 0 Å². The summed E-state index contributed by atoms with van der Waals surface area (Å²) < 4.78 is 18.2. The molecule has 1 fully saturated rings. The Bertz CT molecular complexity index is 336. The number of hydrogen-bond donors (Lipinski definition) is 1. The predicted molar refractivity (Wildman–Crippen MR) is 57.4 cm³/mol. The van der Waals surface area contributed by atoms with Crippen LogP contribution in [0.15, 0.2) is 24.3 Å². The lowest BCUT2D eigenvalue weighted by Gasteiger charge is -2.43. The van der Waals surface area contributed by atoms with Gasteiger partial charge in [0.15, 0.2) is 0 Å². The maximum absolute atomic E-state index is 13.1. The van der Waals surface area contributed by atoms with Gasteiger partial charge in [-0.05, 0) is 24.1 Å². The van der Waals surface area contributed by atoms with E-state index in [9.17, 15) is 4.39 Å². The molecule has 0 spiro atoms. The fraction of sp³-hybridized carbons (Fsp3) is 0.500. The van der Waals surface area contributed by atoms with Crippen molar-refractivity contribution in [1.82, 2.24) is 5.32 Å². The molecular formula is C12H16FNO. The Balaban J connectivity index is 2.18. The number of halogens is 1. The molecule has 2 nitrogen and oxygen atoms in total. The fourth-order valence-electron chi connectivity index (χ4n) is 2.07.